The molecule has 2 aromatic heterocycles. The van der Waals surface area contributed by atoms with Crippen molar-refractivity contribution >= 4 is 22.1 Å². The zero-order valence-electron chi connectivity index (χ0n) is 14.9. The topological polar surface area (TPSA) is 54.5 Å². The molecule has 0 amide bonds. The number of aromatic nitrogens is 4. The first-order chi connectivity index (χ1) is 12.0. The molecular weight excluding hydrogens is 308 g/mol. The van der Waals surface area contributed by atoms with Crippen LogP contribution in [0.3, 0.4) is 0 Å². The molecule has 0 spiro atoms. The first kappa shape index (κ1) is 15.8. The summed E-state index contributed by atoms with van der Waals surface area (Å²) in [5.74, 6) is 0.996. The number of hydrogen-bond donors (Lipinski definition) is 1. The standard InChI is InChI=1S/C21H22N4/c1-21(2,3)14-8-10-18-19(12-14)25-20(24-18)11-9-15-13-22-16-6-4-5-7-17(16)23-15/h4-8,10,12-13H,9,11H2,1-3H3,(H,24,25). The molecule has 25 heavy (non-hydrogen) atoms. The fraction of sp³-hybridized carbons (Fsp3) is 0.286. The van der Waals surface area contributed by atoms with Crippen LogP contribution in [-0.4, -0.2) is 19.9 Å². The van der Waals surface area contributed by atoms with Crippen LogP contribution in [0.4, 0.5) is 0 Å². The van der Waals surface area contributed by atoms with E-state index >= 15 is 0 Å². The van der Waals surface area contributed by atoms with Gasteiger partial charge in [-0.2, -0.15) is 0 Å². The van der Waals surface area contributed by atoms with Crippen LogP contribution in [0.5, 0.6) is 0 Å². The predicted octanol–water partition coefficient (Wildman–Crippen LogP) is 4.59. The third-order valence-corrected chi connectivity index (χ3v) is 4.51. The fourth-order valence-corrected chi connectivity index (χ4v) is 3.01. The molecular formula is C21H22N4. The van der Waals surface area contributed by atoms with Crippen LogP contribution in [0.15, 0.2) is 48.7 Å². The van der Waals surface area contributed by atoms with Gasteiger partial charge in [-0.05, 0) is 41.7 Å². The van der Waals surface area contributed by atoms with Crippen LogP contribution >= 0.6 is 0 Å². The number of aromatic amines is 1. The van der Waals surface area contributed by atoms with E-state index in [4.69, 9.17) is 4.98 Å². The van der Waals surface area contributed by atoms with Crippen molar-refractivity contribution in [3.8, 4) is 0 Å². The quantitative estimate of drug-likeness (QED) is 0.598. The predicted molar refractivity (Wildman–Crippen MR) is 102 cm³/mol. The van der Waals surface area contributed by atoms with Gasteiger partial charge in [0.15, 0.2) is 0 Å². The molecule has 0 bridgehead atoms. The number of H-pyrrole nitrogens is 1. The van der Waals surface area contributed by atoms with Gasteiger partial charge in [-0.25, -0.2) is 9.97 Å². The molecule has 0 radical (unpaired) electrons. The van der Waals surface area contributed by atoms with E-state index in [2.05, 4.69) is 53.9 Å². The highest BCUT2D eigenvalue weighted by Crippen LogP contribution is 2.25. The Morgan fingerprint density at radius 2 is 1.68 bits per heavy atom. The Morgan fingerprint density at radius 1 is 0.880 bits per heavy atom. The van der Waals surface area contributed by atoms with E-state index in [0.29, 0.717) is 0 Å². The van der Waals surface area contributed by atoms with E-state index in [1.807, 2.05) is 30.5 Å². The minimum Gasteiger partial charge on any atom is -0.342 e. The lowest BCUT2D eigenvalue weighted by molar-refractivity contribution is 0.591. The van der Waals surface area contributed by atoms with E-state index in [1.165, 1.54) is 5.56 Å². The van der Waals surface area contributed by atoms with Crippen molar-refractivity contribution in [1.82, 2.24) is 19.9 Å². The second kappa shape index (κ2) is 5.96. The summed E-state index contributed by atoms with van der Waals surface area (Å²) in [5.41, 5.74) is 6.45. The van der Waals surface area contributed by atoms with Gasteiger partial charge in [0.25, 0.3) is 0 Å². The summed E-state index contributed by atoms with van der Waals surface area (Å²) in [6, 6.07) is 14.4. The minimum absolute atomic E-state index is 0.139. The molecule has 4 heteroatoms. The maximum atomic E-state index is 4.71. The number of rotatable bonds is 3. The molecule has 0 unspecified atom stereocenters. The molecule has 0 saturated heterocycles. The molecule has 0 fully saturated rings. The Bertz CT molecular complexity index is 1040. The van der Waals surface area contributed by atoms with Crippen molar-refractivity contribution in [2.24, 2.45) is 0 Å². The average Bonchev–Trinajstić information content (AvgIpc) is 3.01. The lowest BCUT2D eigenvalue weighted by Gasteiger charge is -2.18. The van der Waals surface area contributed by atoms with Crippen molar-refractivity contribution in [3.63, 3.8) is 0 Å². The van der Waals surface area contributed by atoms with Gasteiger partial charge in [0, 0.05) is 12.6 Å². The van der Waals surface area contributed by atoms with Crippen molar-refractivity contribution in [2.75, 3.05) is 0 Å². The molecule has 1 N–H and O–H groups in total. The van der Waals surface area contributed by atoms with E-state index in [-0.39, 0.29) is 5.41 Å². The van der Waals surface area contributed by atoms with E-state index < -0.39 is 0 Å². The van der Waals surface area contributed by atoms with Crippen molar-refractivity contribution in [3.05, 3.63) is 65.7 Å². The van der Waals surface area contributed by atoms with E-state index in [9.17, 15) is 0 Å². The van der Waals surface area contributed by atoms with Crippen molar-refractivity contribution in [1.29, 1.82) is 0 Å². The molecule has 2 heterocycles. The summed E-state index contributed by atoms with van der Waals surface area (Å²) >= 11 is 0. The lowest BCUT2D eigenvalue weighted by Crippen LogP contribution is -2.10. The molecule has 4 nitrogen and oxygen atoms in total. The van der Waals surface area contributed by atoms with Gasteiger partial charge in [0.1, 0.15) is 5.82 Å². The first-order valence-corrected chi connectivity index (χ1v) is 8.69. The van der Waals surface area contributed by atoms with E-state index in [0.717, 1.165) is 46.4 Å². The molecule has 4 rings (SSSR count). The molecule has 0 aliphatic heterocycles. The van der Waals surface area contributed by atoms with Gasteiger partial charge in [0.05, 0.1) is 27.8 Å². The van der Waals surface area contributed by atoms with Crippen LogP contribution < -0.4 is 0 Å². The highest BCUT2D eigenvalue weighted by atomic mass is 14.9. The van der Waals surface area contributed by atoms with Crippen LogP contribution in [0, 0.1) is 0 Å². The average molecular weight is 330 g/mol. The number of para-hydroxylation sites is 2. The minimum atomic E-state index is 0.139. The molecule has 126 valence electrons. The van der Waals surface area contributed by atoms with Crippen LogP contribution in [-0.2, 0) is 18.3 Å². The summed E-state index contributed by atoms with van der Waals surface area (Å²) in [4.78, 5) is 17.3. The Kier molecular flexibility index (Phi) is 3.75. The summed E-state index contributed by atoms with van der Waals surface area (Å²) in [7, 11) is 0. The highest BCUT2D eigenvalue weighted by molar-refractivity contribution is 5.76. The van der Waals surface area contributed by atoms with Gasteiger partial charge in [0.2, 0.25) is 0 Å². The van der Waals surface area contributed by atoms with Crippen molar-refractivity contribution in [2.45, 2.75) is 39.0 Å². The monoisotopic (exact) mass is 330 g/mol. The fourth-order valence-electron chi connectivity index (χ4n) is 3.01. The summed E-state index contributed by atoms with van der Waals surface area (Å²) in [6.45, 7) is 6.68. The summed E-state index contributed by atoms with van der Waals surface area (Å²) < 4.78 is 0. The zero-order valence-corrected chi connectivity index (χ0v) is 14.9. The Hall–Kier alpha value is -2.75. The molecule has 0 saturated carbocycles. The number of nitrogens with one attached hydrogen (secondary N) is 1. The van der Waals surface area contributed by atoms with Crippen LogP contribution in [0.2, 0.25) is 0 Å². The lowest BCUT2D eigenvalue weighted by atomic mass is 9.87. The van der Waals surface area contributed by atoms with Gasteiger partial charge < -0.3 is 4.98 Å². The summed E-state index contributed by atoms with van der Waals surface area (Å²) in [5, 5.41) is 0. The Labute approximate surface area is 147 Å². The number of fused-ring (bicyclic) bond motifs is 2. The number of nitrogens with zero attached hydrogens (tertiary/aromatic N) is 3. The number of aryl methyl sites for hydroxylation is 2. The highest BCUT2D eigenvalue weighted by Gasteiger charge is 2.15. The largest absolute Gasteiger partial charge is 0.342 e. The van der Waals surface area contributed by atoms with Gasteiger partial charge in [-0.15, -0.1) is 0 Å². The number of imidazole rings is 1. The maximum Gasteiger partial charge on any atom is 0.107 e. The summed E-state index contributed by atoms with van der Waals surface area (Å²) in [6.07, 6.45) is 3.51. The number of benzene rings is 2. The third-order valence-electron chi connectivity index (χ3n) is 4.51. The number of hydrogen-bond acceptors (Lipinski definition) is 3. The molecule has 2 aromatic carbocycles. The third kappa shape index (κ3) is 3.25. The molecule has 0 aliphatic carbocycles. The Morgan fingerprint density at radius 3 is 2.48 bits per heavy atom. The van der Waals surface area contributed by atoms with E-state index in [1.54, 1.807) is 0 Å². The molecule has 0 atom stereocenters. The zero-order chi connectivity index (χ0) is 17.4. The second-order valence-corrected chi connectivity index (χ2v) is 7.52. The molecule has 4 aromatic rings. The van der Waals surface area contributed by atoms with Gasteiger partial charge in [-0.3, -0.25) is 4.98 Å². The Balaban J connectivity index is 1.55. The van der Waals surface area contributed by atoms with Gasteiger partial charge >= 0.3 is 0 Å². The second-order valence-electron chi connectivity index (χ2n) is 7.52. The normalized spacial score (nSPS) is 12.1. The van der Waals surface area contributed by atoms with Crippen molar-refractivity contribution < 1.29 is 0 Å². The smallest absolute Gasteiger partial charge is 0.107 e. The van der Waals surface area contributed by atoms with Crippen LogP contribution in [0.1, 0.15) is 37.9 Å². The molecule has 0 aliphatic rings. The van der Waals surface area contributed by atoms with Crippen LogP contribution in [0.25, 0.3) is 22.1 Å². The first-order valence-electron chi connectivity index (χ1n) is 8.69. The van der Waals surface area contributed by atoms with Gasteiger partial charge in [-0.1, -0.05) is 39.0 Å². The SMILES string of the molecule is CC(C)(C)c1ccc2nc(CCc3cnc4ccccc4n3)[nH]c2c1. The maximum absolute atomic E-state index is 4.71.